The summed E-state index contributed by atoms with van der Waals surface area (Å²) in [6.07, 6.45) is 1.81. The molecule has 5 heteroatoms. The number of nitrogens with zero attached hydrogens (tertiary/aromatic N) is 2. The van der Waals surface area contributed by atoms with Gasteiger partial charge in [0.1, 0.15) is 0 Å². The lowest BCUT2D eigenvalue weighted by Gasteiger charge is -2.28. The molecule has 0 unspecified atom stereocenters. The van der Waals surface area contributed by atoms with Crippen molar-refractivity contribution in [2.75, 3.05) is 38.3 Å². The van der Waals surface area contributed by atoms with Crippen LogP contribution in [0.2, 0.25) is 0 Å². The van der Waals surface area contributed by atoms with E-state index < -0.39 is 0 Å². The molecule has 0 aliphatic carbocycles. The Kier molecular flexibility index (Phi) is 5.46. The molecule has 25 heavy (non-hydrogen) atoms. The third-order valence-electron chi connectivity index (χ3n) is 4.33. The largest absolute Gasteiger partial charge is 0.465 e. The topological polar surface area (TPSA) is 51.1 Å². The lowest BCUT2D eigenvalue weighted by Crippen LogP contribution is -2.36. The molecule has 0 bridgehead atoms. The first kappa shape index (κ1) is 17.2. The number of ether oxygens (including phenoxy) is 2. The molecule has 130 valence electrons. The molecular formula is C20H22N2O3. The Bertz CT molecular complexity index is 763. The lowest BCUT2D eigenvalue weighted by atomic mass is 10.1. The number of carbonyl (C=O) groups excluding carboxylic acids is 1. The second kappa shape index (κ2) is 7.94. The third-order valence-corrected chi connectivity index (χ3v) is 4.33. The minimum Gasteiger partial charge on any atom is -0.465 e. The molecule has 0 aromatic heterocycles. The van der Waals surface area contributed by atoms with Crippen molar-refractivity contribution >= 4 is 23.6 Å². The fourth-order valence-electron chi connectivity index (χ4n) is 2.83. The summed E-state index contributed by atoms with van der Waals surface area (Å²) in [6.45, 7) is 5.28. The molecule has 0 saturated carbocycles. The fraction of sp³-hybridized carbons (Fsp3) is 0.300. The molecule has 1 aliphatic rings. The zero-order chi connectivity index (χ0) is 17.6. The van der Waals surface area contributed by atoms with Crippen LogP contribution in [0.3, 0.4) is 0 Å². The molecule has 0 radical (unpaired) electrons. The van der Waals surface area contributed by atoms with Crippen LogP contribution < -0.4 is 4.90 Å². The van der Waals surface area contributed by atoms with Gasteiger partial charge in [0.25, 0.3) is 0 Å². The van der Waals surface area contributed by atoms with Crippen molar-refractivity contribution in [1.29, 1.82) is 0 Å². The van der Waals surface area contributed by atoms with Crippen LogP contribution in [0.5, 0.6) is 0 Å². The zero-order valence-electron chi connectivity index (χ0n) is 14.6. The molecule has 3 rings (SSSR count). The van der Waals surface area contributed by atoms with Gasteiger partial charge < -0.3 is 14.4 Å². The number of anilines is 1. The first-order chi connectivity index (χ1) is 12.2. The van der Waals surface area contributed by atoms with Crippen molar-refractivity contribution < 1.29 is 14.3 Å². The van der Waals surface area contributed by atoms with Crippen LogP contribution in [0.25, 0.3) is 0 Å². The van der Waals surface area contributed by atoms with Gasteiger partial charge in [-0.1, -0.05) is 18.2 Å². The second-order valence-electron chi connectivity index (χ2n) is 5.89. The molecular weight excluding hydrogens is 316 g/mol. The molecule has 0 N–H and O–H groups in total. The van der Waals surface area contributed by atoms with E-state index in [0.29, 0.717) is 5.56 Å². The molecule has 5 nitrogen and oxygen atoms in total. The molecule has 2 aromatic carbocycles. The Morgan fingerprint density at radius 2 is 1.88 bits per heavy atom. The van der Waals surface area contributed by atoms with E-state index >= 15 is 0 Å². The van der Waals surface area contributed by atoms with Crippen LogP contribution in [0.1, 0.15) is 21.5 Å². The average Bonchev–Trinajstić information content (AvgIpc) is 2.68. The Balaban J connectivity index is 1.75. The normalized spacial score (nSPS) is 14.7. The van der Waals surface area contributed by atoms with Crippen LogP contribution in [-0.4, -0.2) is 45.6 Å². The van der Waals surface area contributed by atoms with Gasteiger partial charge in [-0.05, 0) is 42.3 Å². The summed E-state index contributed by atoms with van der Waals surface area (Å²) in [5.74, 6) is -0.343. The van der Waals surface area contributed by atoms with Gasteiger partial charge in [-0.3, -0.25) is 4.99 Å². The highest BCUT2D eigenvalue weighted by atomic mass is 16.5. The van der Waals surface area contributed by atoms with E-state index in [1.54, 1.807) is 6.07 Å². The van der Waals surface area contributed by atoms with Crippen molar-refractivity contribution in [3.8, 4) is 0 Å². The molecule has 0 spiro atoms. The number of methoxy groups -OCH3 is 1. The van der Waals surface area contributed by atoms with Crippen LogP contribution in [-0.2, 0) is 9.47 Å². The molecule has 2 aromatic rings. The number of rotatable bonds is 4. The highest BCUT2D eigenvalue weighted by molar-refractivity contribution is 5.93. The van der Waals surface area contributed by atoms with Gasteiger partial charge in [0.15, 0.2) is 0 Å². The van der Waals surface area contributed by atoms with E-state index in [2.05, 4.69) is 22.0 Å². The smallest absolute Gasteiger partial charge is 0.338 e. The van der Waals surface area contributed by atoms with Crippen molar-refractivity contribution in [2.24, 2.45) is 4.99 Å². The van der Waals surface area contributed by atoms with E-state index in [0.717, 1.165) is 43.1 Å². The number of morpholine rings is 1. The van der Waals surface area contributed by atoms with Crippen LogP contribution in [0.4, 0.5) is 11.4 Å². The summed E-state index contributed by atoms with van der Waals surface area (Å²) in [7, 11) is 1.38. The van der Waals surface area contributed by atoms with Gasteiger partial charge in [0.2, 0.25) is 0 Å². The number of hydrogen-bond donors (Lipinski definition) is 0. The van der Waals surface area contributed by atoms with Gasteiger partial charge in [-0.15, -0.1) is 0 Å². The Morgan fingerprint density at radius 1 is 1.16 bits per heavy atom. The number of aliphatic imine (C=N–C) groups is 1. The summed E-state index contributed by atoms with van der Waals surface area (Å²) in [6, 6.07) is 13.8. The summed E-state index contributed by atoms with van der Waals surface area (Å²) >= 11 is 0. The maximum Gasteiger partial charge on any atom is 0.338 e. The Hall–Kier alpha value is -2.66. The summed E-state index contributed by atoms with van der Waals surface area (Å²) in [5, 5.41) is 0. The molecule has 1 heterocycles. The minimum absolute atomic E-state index is 0.343. The van der Waals surface area contributed by atoms with Gasteiger partial charge in [0.05, 0.1) is 31.6 Å². The summed E-state index contributed by atoms with van der Waals surface area (Å²) in [5.41, 5.74) is 4.33. The van der Waals surface area contributed by atoms with Crippen LogP contribution >= 0.6 is 0 Å². The number of benzene rings is 2. The summed E-state index contributed by atoms with van der Waals surface area (Å²) in [4.78, 5) is 18.6. The predicted molar refractivity (Wildman–Crippen MR) is 99.2 cm³/mol. The SMILES string of the molecule is COC(=O)c1cccc(N=Cc2ccc(N3CCOCC3)cc2)c1C. The zero-order valence-corrected chi connectivity index (χ0v) is 14.6. The van der Waals surface area contributed by atoms with Crippen molar-refractivity contribution in [3.63, 3.8) is 0 Å². The molecule has 1 saturated heterocycles. The number of hydrogen-bond acceptors (Lipinski definition) is 5. The Morgan fingerprint density at radius 3 is 2.56 bits per heavy atom. The highest BCUT2D eigenvalue weighted by Gasteiger charge is 2.12. The van der Waals surface area contributed by atoms with E-state index in [-0.39, 0.29) is 5.97 Å². The average molecular weight is 338 g/mol. The van der Waals surface area contributed by atoms with Crippen molar-refractivity contribution in [1.82, 2.24) is 0 Å². The number of carbonyl (C=O) groups is 1. The highest BCUT2D eigenvalue weighted by Crippen LogP contribution is 2.23. The van der Waals surface area contributed by atoms with Crippen molar-refractivity contribution in [3.05, 3.63) is 59.2 Å². The van der Waals surface area contributed by atoms with Gasteiger partial charge in [-0.2, -0.15) is 0 Å². The lowest BCUT2D eigenvalue weighted by molar-refractivity contribution is 0.0600. The standard InChI is InChI=1S/C20H22N2O3/c1-15-18(20(23)24-2)4-3-5-19(15)21-14-16-6-8-17(9-7-16)22-10-12-25-13-11-22/h3-9,14H,10-13H2,1-2H3. The van der Waals surface area contributed by atoms with Crippen LogP contribution in [0, 0.1) is 6.92 Å². The maximum absolute atomic E-state index is 11.8. The fourth-order valence-corrected chi connectivity index (χ4v) is 2.83. The van der Waals surface area contributed by atoms with Gasteiger partial charge in [0, 0.05) is 25.0 Å². The minimum atomic E-state index is -0.343. The van der Waals surface area contributed by atoms with Gasteiger partial charge in [-0.25, -0.2) is 4.79 Å². The first-order valence-electron chi connectivity index (χ1n) is 8.34. The quantitative estimate of drug-likeness (QED) is 0.633. The van der Waals surface area contributed by atoms with Crippen molar-refractivity contribution in [2.45, 2.75) is 6.92 Å². The van der Waals surface area contributed by atoms with Gasteiger partial charge >= 0.3 is 5.97 Å². The predicted octanol–water partition coefficient (Wildman–Crippen LogP) is 3.37. The monoisotopic (exact) mass is 338 g/mol. The van der Waals surface area contributed by atoms with E-state index in [9.17, 15) is 4.79 Å². The summed E-state index contributed by atoms with van der Waals surface area (Å²) < 4.78 is 10.2. The number of esters is 1. The van der Waals surface area contributed by atoms with E-state index in [1.807, 2.05) is 37.4 Å². The third kappa shape index (κ3) is 4.06. The maximum atomic E-state index is 11.8. The Labute approximate surface area is 147 Å². The molecule has 0 atom stereocenters. The van der Waals surface area contributed by atoms with Crippen LogP contribution in [0.15, 0.2) is 47.5 Å². The van der Waals surface area contributed by atoms with E-state index in [1.165, 1.54) is 12.8 Å². The van der Waals surface area contributed by atoms with E-state index in [4.69, 9.17) is 9.47 Å². The molecule has 1 aliphatic heterocycles. The molecule has 1 fully saturated rings. The first-order valence-corrected chi connectivity index (χ1v) is 8.34. The second-order valence-corrected chi connectivity index (χ2v) is 5.89. The molecule has 0 amide bonds.